The molecule has 0 aromatic heterocycles. The number of rotatable bonds is 4. The van der Waals surface area contributed by atoms with Crippen molar-refractivity contribution < 1.29 is 17.6 Å². The Morgan fingerprint density at radius 2 is 2.10 bits per heavy atom. The van der Waals surface area contributed by atoms with Gasteiger partial charge in [-0.3, -0.25) is 0 Å². The molecule has 2 rings (SSSR count). The molecule has 0 aliphatic carbocycles. The van der Waals surface area contributed by atoms with Gasteiger partial charge in [-0.15, -0.1) is 0 Å². The highest BCUT2D eigenvalue weighted by Gasteiger charge is 2.40. The molecule has 1 aliphatic rings. The van der Waals surface area contributed by atoms with Crippen LogP contribution in [0.5, 0.6) is 0 Å². The molecule has 0 saturated carbocycles. The first-order valence-corrected chi connectivity index (χ1v) is 8.00. The third-order valence-electron chi connectivity index (χ3n) is 3.90. The van der Waals surface area contributed by atoms with E-state index < -0.39 is 17.6 Å². The molecule has 1 N–H and O–H groups in total. The highest BCUT2D eigenvalue weighted by molar-refractivity contribution is 8.00. The lowest BCUT2D eigenvalue weighted by molar-refractivity contribution is -0.140. The Balaban J connectivity index is 2.35. The molecule has 2 atom stereocenters. The molecule has 0 bridgehead atoms. The molecule has 0 amide bonds. The first kappa shape index (κ1) is 16.6. The lowest BCUT2D eigenvalue weighted by Crippen LogP contribution is -2.37. The molecule has 1 saturated heterocycles. The van der Waals surface area contributed by atoms with Crippen LogP contribution in [0.1, 0.15) is 43.9 Å². The maximum Gasteiger partial charge on any atom is 0.419 e. The number of thioether (sulfide) groups is 1. The van der Waals surface area contributed by atoms with E-state index in [0.717, 1.165) is 30.7 Å². The van der Waals surface area contributed by atoms with Crippen molar-refractivity contribution >= 4 is 11.8 Å². The van der Waals surface area contributed by atoms with Crippen molar-refractivity contribution in [3.8, 4) is 0 Å². The number of benzene rings is 1. The molecule has 118 valence electrons. The quantitative estimate of drug-likeness (QED) is 0.801. The van der Waals surface area contributed by atoms with E-state index in [2.05, 4.69) is 12.2 Å². The molecular weight excluding hydrogens is 302 g/mol. The van der Waals surface area contributed by atoms with Gasteiger partial charge in [0.2, 0.25) is 0 Å². The number of halogens is 4. The van der Waals surface area contributed by atoms with Crippen LogP contribution in [0.3, 0.4) is 0 Å². The van der Waals surface area contributed by atoms with Crippen LogP contribution in [-0.4, -0.2) is 17.0 Å². The van der Waals surface area contributed by atoms with Crippen molar-refractivity contribution in [3.63, 3.8) is 0 Å². The molecule has 1 fully saturated rings. The summed E-state index contributed by atoms with van der Waals surface area (Å²) in [7, 11) is 0. The first-order chi connectivity index (χ1) is 9.78. The van der Waals surface area contributed by atoms with Crippen LogP contribution in [-0.2, 0) is 6.18 Å². The normalized spacial score (nSPS) is 24.3. The average Bonchev–Trinajstić information content (AvgIpc) is 2.82. The average molecular weight is 321 g/mol. The summed E-state index contributed by atoms with van der Waals surface area (Å²) in [6.45, 7) is 4.72. The zero-order valence-corrected chi connectivity index (χ0v) is 12.9. The minimum Gasteiger partial charge on any atom is -0.309 e. The van der Waals surface area contributed by atoms with Crippen molar-refractivity contribution in [1.29, 1.82) is 0 Å². The number of hydrogen-bond donors (Lipinski definition) is 1. The Morgan fingerprint density at radius 1 is 1.38 bits per heavy atom. The van der Waals surface area contributed by atoms with E-state index in [1.54, 1.807) is 11.8 Å². The van der Waals surface area contributed by atoms with Crippen LogP contribution < -0.4 is 5.32 Å². The summed E-state index contributed by atoms with van der Waals surface area (Å²) in [5.41, 5.74) is -0.620. The van der Waals surface area contributed by atoms with Gasteiger partial charge in [-0.05, 0) is 49.8 Å². The zero-order chi connectivity index (χ0) is 15.7. The van der Waals surface area contributed by atoms with Crippen LogP contribution in [0.15, 0.2) is 18.2 Å². The van der Waals surface area contributed by atoms with Gasteiger partial charge in [0.1, 0.15) is 5.82 Å². The number of hydrogen-bond acceptors (Lipinski definition) is 2. The molecule has 1 aromatic carbocycles. The smallest absolute Gasteiger partial charge is 0.309 e. The second-order valence-corrected chi connectivity index (χ2v) is 7.12. The van der Waals surface area contributed by atoms with Gasteiger partial charge >= 0.3 is 6.18 Å². The van der Waals surface area contributed by atoms with Crippen LogP contribution in [0.4, 0.5) is 17.6 Å². The highest BCUT2D eigenvalue weighted by Crippen LogP contribution is 2.47. The second kappa shape index (κ2) is 6.16. The van der Waals surface area contributed by atoms with E-state index in [1.807, 2.05) is 6.92 Å². The molecule has 1 heterocycles. The monoisotopic (exact) mass is 321 g/mol. The number of alkyl halides is 3. The minimum atomic E-state index is -4.65. The summed E-state index contributed by atoms with van der Waals surface area (Å²) in [4.78, 5) is 0. The summed E-state index contributed by atoms with van der Waals surface area (Å²) < 4.78 is 51.6. The molecule has 0 radical (unpaired) electrons. The van der Waals surface area contributed by atoms with Crippen molar-refractivity contribution in [3.05, 3.63) is 35.1 Å². The molecule has 2 unspecified atom stereocenters. The zero-order valence-electron chi connectivity index (χ0n) is 12.1. The molecule has 1 nitrogen and oxygen atoms in total. The lowest BCUT2D eigenvalue weighted by atomic mass is 9.89. The molecule has 21 heavy (non-hydrogen) atoms. The van der Waals surface area contributed by atoms with E-state index in [-0.39, 0.29) is 10.8 Å². The van der Waals surface area contributed by atoms with Crippen molar-refractivity contribution in [1.82, 2.24) is 5.32 Å². The second-order valence-electron chi connectivity index (χ2n) is 5.49. The topological polar surface area (TPSA) is 12.0 Å². The van der Waals surface area contributed by atoms with Gasteiger partial charge in [0.05, 0.1) is 5.56 Å². The summed E-state index contributed by atoms with van der Waals surface area (Å²) >= 11 is 1.80. The fourth-order valence-electron chi connectivity index (χ4n) is 2.86. The fraction of sp³-hybridized carbons (Fsp3) is 0.600. The summed E-state index contributed by atoms with van der Waals surface area (Å²) in [5.74, 6) is -0.170. The SMILES string of the molecule is CCNC(c1ccc(C(F)(F)F)c(F)c1)C1(C)CCCS1. The van der Waals surface area contributed by atoms with E-state index in [9.17, 15) is 17.6 Å². The Kier molecular flexibility index (Phi) is 4.88. The molecular formula is C15H19F4NS. The molecule has 6 heteroatoms. The van der Waals surface area contributed by atoms with Gasteiger partial charge in [-0.1, -0.05) is 13.0 Å². The Labute approximate surface area is 126 Å². The van der Waals surface area contributed by atoms with E-state index in [0.29, 0.717) is 12.1 Å². The molecule has 1 aromatic rings. The fourth-order valence-corrected chi connectivity index (χ4v) is 4.29. The van der Waals surface area contributed by atoms with Crippen molar-refractivity contribution in [2.75, 3.05) is 12.3 Å². The predicted octanol–water partition coefficient (Wildman–Crippen LogP) is 4.78. The largest absolute Gasteiger partial charge is 0.419 e. The summed E-state index contributed by atoms with van der Waals surface area (Å²) in [5, 5.41) is 3.30. The van der Waals surface area contributed by atoms with Gasteiger partial charge in [0.15, 0.2) is 0 Å². The van der Waals surface area contributed by atoms with Crippen LogP contribution in [0.25, 0.3) is 0 Å². The van der Waals surface area contributed by atoms with Gasteiger partial charge in [0, 0.05) is 10.8 Å². The predicted molar refractivity (Wildman–Crippen MR) is 77.9 cm³/mol. The summed E-state index contributed by atoms with van der Waals surface area (Å²) in [6.07, 6.45) is -2.60. The Bertz CT molecular complexity index is 495. The van der Waals surface area contributed by atoms with E-state index >= 15 is 0 Å². The third-order valence-corrected chi connectivity index (χ3v) is 5.49. The standard InChI is InChI=1S/C15H19F4NS/c1-3-20-13(14(2)7-4-8-21-14)10-5-6-11(12(16)9-10)15(17,18)19/h5-6,9,13,20H,3-4,7-8H2,1-2H3. The van der Waals surface area contributed by atoms with Crippen LogP contribution in [0.2, 0.25) is 0 Å². The minimum absolute atomic E-state index is 0.109. The highest BCUT2D eigenvalue weighted by atomic mass is 32.2. The Hall–Kier alpha value is -0.750. The molecule has 1 aliphatic heterocycles. The van der Waals surface area contributed by atoms with Gasteiger partial charge in [0.25, 0.3) is 0 Å². The van der Waals surface area contributed by atoms with Crippen molar-refractivity contribution in [2.24, 2.45) is 0 Å². The van der Waals surface area contributed by atoms with E-state index in [4.69, 9.17) is 0 Å². The maximum absolute atomic E-state index is 13.8. The van der Waals surface area contributed by atoms with E-state index in [1.165, 1.54) is 6.07 Å². The van der Waals surface area contributed by atoms with Crippen LogP contribution in [0, 0.1) is 5.82 Å². The van der Waals surface area contributed by atoms with Gasteiger partial charge in [-0.25, -0.2) is 4.39 Å². The first-order valence-electron chi connectivity index (χ1n) is 7.02. The maximum atomic E-state index is 13.8. The number of nitrogens with one attached hydrogen (secondary N) is 1. The lowest BCUT2D eigenvalue weighted by Gasteiger charge is -2.34. The Morgan fingerprint density at radius 3 is 2.57 bits per heavy atom. The van der Waals surface area contributed by atoms with Crippen molar-refractivity contribution in [2.45, 2.75) is 43.7 Å². The van der Waals surface area contributed by atoms with Gasteiger partial charge < -0.3 is 5.32 Å². The summed E-state index contributed by atoms with van der Waals surface area (Å²) in [6, 6.07) is 3.12. The van der Waals surface area contributed by atoms with Crippen LogP contribution >= 0.6 is 11.8 Å². The third kappa shape index (κ3) is 3.54. The van der Waals surface area contributed by atoms with Gasteiger partial charge in [-0.2, -0.15) is 24.9 Å². The molecule has 0 spiro atoms.